The van der Waals surface area contributed by atoms with Gasteiger partial charge >= 0.3 is 0 Å². The van der Waals surface area contributed by atoms with Gasteiger partial charge in [0.15, 0.2) is 0 Å². The van der Waals surface area contributed by atoms with E-state index in [1.54, 1.807) is 0 Å². The van der Waals surface area contributed by atoms with Gasteiger partial charge in [-0.3, -0.25) is 0 Å². The quantitative estimate of drug-likeness (QED) is 0.191. The first kappa shape index (κ1) is 28.8. The van der Waals surface area contributed by atoms with E-state index in [4.69, 9.17) is 4.74 Å². The van der Waals surface area contributed by atoms with E-state index in [1.807, 2.05) is 0 Å². The van der Waals surface area contributed by atoms with Crippen LogP contribution >= 0.6 is 0 Å². The summed E-state index contributed by atoms with van der Waals surface area (Å²) in [6.45, 7) is 3.92. The molecule has 0 aromatic heterocycles. The van der Waals surface area contributed by atoms with Crippen LogP contribution in [0.1, 0.15) is 117 Å². The molecule has 0 aromatic rings. The van der Waals surface area contributed by atoms with Crippen molar-refractivity contribution in [2.45, 2.75) is 141 Å². The molecule has 5 nitrogen and oxygen atoms in total. The maximum atomic E-state index is 9.92. The summed E-state index contributed by atoms with van der Waals surface area (Å²) in [6, 6.07) is 0. The lowest BCUT2D eigenvalue weighted by atomic mass is 10.0. The van der Waals surface area contributed by atoms with Crippen molar-refractivity contribution in [3.05, 3.63) is 0 Å². The normalized spacial score (nSPS) is 15.9. The SMILES string of the molecule is CCCCCCCCC(CC(O)CO)OC(CCCCCCCC)CC(O)CO. The van der Waals surface area contributed by atoms with Crippen LogP contribution in [0.4, 0.5) is 0 Å². The van der Waals surface area contributed by atoms with Gasteiger partial charge in [-0.2, -0.15) is 0 Å². The van der Waals surface area contributed by atoms with Crippen molar-refractivity contribution < 1.29 is 25.2 Å². The van der Waals surface area contributed by atoms with Crippen LogP contribution in [-0.2, 0) is 4.74 Å². The average Bonchev–Trinajstić information content (AvgIpc) is 2.72. The Labute approximate surface area is 179 Å². The van der Waals surface area contributed by atoms with E-state index in [2.05, 4.69) is 13.8 Å². The summed E-state index contributed by atoms with van der Waals surface area (Å²) >= 11 is 0. The summed E-state index contributed by atoms with van der Waals surface area (Å²) in [5, 5.41) is 38.3. The second kappa shape index (κ2) is 21.0. The minimum Gasteiger partial charge on any atom is -0.394 e. The van der Waals surface area contributed by atoms with Crippen molar-refractivity contribution in [2.24, 2.45) is 0 Å². The second-order valence-corrected chi connectivity index (χ2v) is 8.64. The van der Waals surface area contributed by atoms with Gasteiger partial charge in [0.05, 0.1) is 37.6 Å². The van der Waals surface area contributed by atoms with E-state index in [1.165, 1.54) is 51.4 Å². The molecular weight excluding hydrogens is 368 g/mol. The standard InChI is InChI=1S/C24H50O5/c1-3-5-7-9-11-13-15-23(17-21(27)19-25)29-24(18-22(28)20-26)16-14-12-10-8-6-4-2/h21-28H,3-20H2,1-2H3. The zero-order chi connectivity index (χ0) is 21.7. The predicted octanol–water partition coefficient (Wildman–Crippen LogP) is 4.73. The molecule has 0 rings (SSSR count). The Balaban J connectivity index is 4.52. The van der Waals surface area contributed by atoms with Gasteiger partial charge in [0, 0.05) is 12.8 Å². The van der Waals surface area contributed by atoms with Crippen molar-refractivity contribution >= 4 is 0 Å². The number of aliphatic hydroxyl groups excluding tert-OH is 4. The number of unbranched alkanes of at least 4 members (excludes halogenated alkanes) is 10. The Morgan fingerprint density at radius 1 is 0.552 bits per heavy atom. The molecule has 176 valence electrons. The van der Waals surface area contributed by atoms with E-state index in [0.29, 0.717) is 12.8 Å². The van der Waals surface area contributed by atoms with Crippen LogP contribution in [-0.4, -0.2) is 58.1 Å². The third-order valence-corrected chi connectivity index (χ3v) is 5.64. The van der Waals surface area contributed by atoms with Crippen LogP contribution in [0.5, 0.6) is 0 Å². The van der Waals surface area contributed by atoms with Crippen molar-refractivity contribution in [3.63, 3.8) is 0 Å². The zero-order valence-electron chi connectivity index (χ0n) is 19.2. The average molecular weight is 419 g/mol. The summed E-state index contributed by atoms with van der Waals surface area (Å²) in [5.41, 5.74) is 0. The molecule has 0 saturated carbocycles. The molecule has 5 heteroatoms. The van der Waals surface area contributed by atoms with Crippen molar-refractivity contribution in [2.75, 3.05) is 13.2 Å². The van der Waals surface area contributed by atoms with Crippen LogP contribution < -0.4 is 0 Å². The summed E-state index contributed by atoms with van der Waals surface area (Å²) in [6.07, 6.45) is 15.3. The smallest absolute Gasteiger partial charge is 0.0795 e. The molecule has 4 unspecified atom stereocenters. The van der Waals surface area contributed by atoms with Crippen molar-refractivity contribution in [3.8, 4) is 0 Å². The molecule has 0 aliphatic carbocycles. The highest BCUT2D eigenvalue weighted by Crippen LogP contribution is 2.21. The Morgan fingerprint density at radius 2 is 0.897 bits per heavy atom. The monoisotopic (exact) mass is 418 g/mol. The molecule has 0 fully saturated rings. The molecule has 0 aliphatic heterocycles. The van der Waals surface area contributed by atoms with E-state index >= 15 is 0 Å². The van der Waals surface area contributed by atoms with Crippen LogP contribution in [0, 0.1) is 0 Å². The van der Waals surface area contributed by atoms with E-state index < -0.39 is 12.2 Å². The molecule has 0 radical (unpaired) electrons. The molecule has 0 saturated heterocycles. The number of hydrogen-bond donors (Lipinski definition) is 4. The Hall–Kier alpha value is -0.200. The third kappa shape index (κ3) is 18.3. The van der Waals surface area contributed by atoms with Crippen LogP contribution in [0.2, 0.25) is 0 Å². The van der Waals surface area contributed by atoms with Crippen molar-refractivity contribution in [1.29, 1.82) is 0 Å². The molecule has 0 aliphatic rings. The summed E-state index contributed by atoms with van der Waals surface area (Å²) in [5.74, 6) is 0. The van der Waals surface area contributed by atoms with Gasteiger partial charge in [0.2, 0.25) is 0 Å². The van der Waals surface area contributed by atoms with Crippen LogP contribution in [0.3, 0.4) is 0 Å². The molecule has 0 amide bonds. The minimum absolute atomic E-state index is 0.112. The van der Waals surface area contributed by atoms with E-state index in [-0.39, 0.29) is 25.4 Å². The highest BCUT2D eigenvalue weighted by atomic mass is 16.5. The number of rotatable bonds is 22. The lowest BCUT2D eigenvalue weighted by molar-refractivity contribution is -0.0712. The predicted molar refractivity (Wildman–Crippen MR) is 120 cm³/mol. The van der Waals surface area contributed by atoms with Gasteiger partial charge in [-0.15, -0.1) is 0 Å². The molecular formula is C24H50O5. The molecule has 0 heterocycles. The topological polar surface area (TPSA) is 90.2 Å². The number of aliphatic hydroxyl groups is 4. The van der Waals surface area contributed by atoms with Crippen molar-refractivity contribution in [1.82, 2.24) is 0 Å². The Kier molecular flexibility index (Phi) is 20.9. The second-order valence-electron chi connectivity index (χ2n) is 8.64. The molecule has 0 spiro atoms. The zero-order valence-corrected chi connectivity index (χ0v) is 19.2. The van der Waals surface area contributed by atoms with E-state index in [9.17, 15) is 20.4 Å². The summed E-state index contributed by atoms with van der Waals surface area (Å²) in [7, 11) is 0. The fourth-order valence-corrected chi connectivity index (χ4v) is 3.82. The van der Waals surface area contributed by atoms with Crippen LogP contribution in [0.25, 0.3) is 0 Å². The van der Waals surface area contributed by atoms with Gasteiger partial charge in [-0.1, -0.05) is 90.9 Å². The van der Waals surface area contributed by atoms with Gasteiger partial charge in [-0.25, -0.2) is 0 Å². The fourth-order valence-electron chi connectivity index (χ4n) is 3.82. The minimum atomic E-state index is -0.766. The first-order chi connectivity index (χ1) is 14.1. The van der Waals surface area contributed by atoms with Gasteiger partial charge in [0.25, 0.3) is 0 Å². The molecule has 4 N–H and O–H groups in total. The van der Waals surface area contributed by atoms with E-state index in [0.717, 1.165) is 38.5 Å². The highest BCUT2D eigenvalue weighted by molar-refractivity contribution is 4.71. The van der Waals surface area contributed by atoms with Crippen LogP contribution in [0.15, 0.2) is 0 Å². The molecule has 4 atom stereocenters. The summed E-state index contributed by atoms with van der Waals surface area (Å²) in [4.78, 5) is 0. The lowest BCUT2D eigenvalue weighted by Crippen LogP contribution is -2.31. The van der Waals surface area contributed by atoms with Gasteiger partial charge in [0.1, 0.15) is 0 Å². The first-order valence-electron chi connectivity index (χ1n) is 12.3. The van der Waals surface area contributed by atoms with Gasteiger partial charge < -0.3 is 25.2 Å². The number of hydrogen-bond acceptors (Lipinski definition) is 5. The molecule has 29 heavy (non-hydrogen) atoms. The Morgan fingerprint density at radius 3 is 1.24 bits per heavy atom. The maximum Gasteiger partial charge on any atom is 0.0795 e. The third-order valence-electron chi connectivity index (χ3n) is 5.64. The van der Waals surface area contributed by atoms with Gasteiger partial charge in [-0.05, 0) is 12.8 Å². The Bertz CT molecular complexity index is 296. The maximum absolute atomic E-state index is 9.92. The first-order valence-corrected chi connectivity index (χ1v) is 12.3. The number of ether oxygens (including phenoxy) is 1. The fraction of sp³-hybridized carbons (Fsp3) is 1.00. The molecule has 0 aromatic carbocycles. The summed E-state index contributed by atoms with van der Waals surface area (Å²) < 4.78 is 6.31. The molecule has 0 bridgehead atoms. The highest BCUT2D eigenvalue weighted by Gasteiger charge is 2.21. The largest absolute Gasteiger partial charge is 0.394 e. The lowest BCUT2D eigenvalue weighted by Gasteiger charge is -2.27.